The molecule has 0 aliphatic heterocycles. The predicted molar refractivity (Wildman–Crippen MR) is 73.3 cm³/mol. The van der Waals surface area contributed by atoms with Crippen LogP contribution in [0.3, 0.4) is 0 Å². The largest absolute Gasteiger partial charge is 0.480 e. The Balaban J connectivity index is 2.74. The summed E-state index contributed by atoms with van der Waals surface area (Å²) in [6.07, 6.45) is 0. The van der Waals surface area contributed by atoms with Crippen molar-refractivity contribution in [2.45, 2.75) is 25.9 Å². The Morgan fingerprint density at radius 3 is 2.53 bits per heavy atom. The third kappa shape index (κ3) is 4.13. The molecule has 0 saturated heterocycles. The van der Waals surface area contributed by atoms with E-state index in [0.717, 1.165) is 5.56 Å². The summed E-state index contributed by atoms with van der Waals surface area (Å²) in [4.78, 5) is 24.0. The van der Waals surface area contributed by atoms with Crippen molar-refractivity contribution in [2.24, 2.45) is 0 Å². The Labute approximate surface area is 117 Å². The monoisotopic (exact) mass is 284 g/mol. The minimum absolute atomic E-state index is 0.209. The molecule has 1 aromatic rings. The van der Waals surface area contributed by atoms with Crippen molar-refractivity contribution in [3.05, 3.63) is 34.9 Å². The maximum absolute atomic E-state index is 11.9. The number of rotatable bonds is 4. The lowest BCUT2D eigenvalue weighted by Crippen LogP contribution is -2.45. The van der Waals surface area contributed by atoms with Crippen LogP contribution in [0.5, 0.6) is 0 Å². The first-order valence-electron chi connectivity index (χ1n) is 5.84. The Hall–Kier alpha value is -1.75. The van der Waals surface area contributed by atoms with Gasteiger partial charge in [0, 0.05) is 12.1 Å². The van der Waals surface area contributed by atoms with Gasteiger partial charge in [0.15, 0.2) is 0 Å². The van der Waals surface area contributed by atoms with Crippen LogP contribution >= 0.6 is 11.6 Å². The predicted octanol–water partition coefficient (Wildman–Crippen LogP) is 2.52. The first-order valence-corrected chi connectivity index (χ1v) is 6.22. The second-order valence-corrected chi connectivity index (χ2v) is 4.79. The van der Waals surface area contributed by atoms with Crippen molar-refractivity contribution in [1.82, 2.24) is 10.2 Å². The van der Waals surface area contributed by atoms with Crippen LogP contribution in [0.4, 0.5) is 4.79 Å². The molecule has 2 amide bonds. The lowest BCUT2D eigenvalue weighted by Gasteiger charge is -2.26. The quantitative estimate of drug-likeness (QED) is 0.892. The number of carboxylic acid groups (broad SMARTS) is 1. The SMILES string of the molecule is CC(NC(=O)N(C)C(C)c1cccc(Cl)c1)C(=O)O. The van der Waals surface area contributed by atoms with E-state index in [1.807, 2.05) is 13.0 Å². The van der Waals surface area contributed by atoms with Crippen LogP contribution in [-0.2, 0) is 4.79 Å². The molecule has 2 unspecified atom stereocenters. The molecule has 0 saturated carbocycles. The summed E-state index contributed by atoms with van der Waals surface area (Å²) in [5.41, 5.74) is 0.883. The third-order valence-corrected chi connectivity index (χ3v) is 3.18. The number of carbonyl (C=O) groups is 2. The molecule has 5 nitrogen and oxygen atoms in total. The van der Waals surface area contributed by atoms with Gasteiger partial charge in [0.25, 0.3) is 0 Å². The first kappa shape index (κ1) is 15.3. The smallest absolute Gasteiger partial charge is 0.325 e. The minimum Gasteiger partial charge on any atom is -0.480 e. The van der Waals surface area contributed by atoms with Crippen LogP contribution < -0.4 is 5.32 Å². The van der Waals surface area contributed by atoms with Crippen LogP contribution in [0.1, 0.15) is 25.5 Å². The van der Waals surface area contributed by atoms with Crippen LogP contribution in [0.15, 0.2) is 24.3 Å². The summed E-state index contributed by atoms with van der Waals surface area (Å²) < 4.78 is 0. The highest BCUT2D eigenvalue weighted by Gasteiger charge is 2.21. The maximum Gasteiger partial charge on any atom is 0.325 e. The van der Waals surface area contributed by atoms with E-state index in [4.69, 9.17) is 16.7 Å². The van der Waals surface area contributed by atoms with Gasteiger partial charge in [-0.05, 0) is 31.5 Å². The molecule has 2 atom stereocenters. The number of amides is 2. The highest BCUT2D eigenvalue weighted by molar-refractivity contribution is 6.30. The van der Waals surface area contributed by atoms with Gasteiger partial charge in [0.05, 0.1) is 6.04 Å². The highest BCUT2D eigenvalue weighted by atomic mass is 35.5. The fourth-order valence-corrected chi connectivity index (χ4v) is 1.71. The fourth-order valence-electron chi connectivity index (χ4n) is 1.51. The molecule has 0 aliphatic rings. The number of benzene rings is 1. The zero-order valence-corrected chi connectivity index (χ0v) is 11.8. The van der Waals surface area contributed by atoms with Crippen LogP contribution in [-0.4, -0.2) is 35.1 Å². The average Bonchev–Trinajstić information content (AvgIpc) is 2.36. The molecule has 0 spiro atoms. The van der Waals surface area contributed by atoms with Crippen LogP contribution in [0, 0.1) is 0 Å². The Morgan fingerprint density at radius 1 is 1.37 bits per heavy atom. The number of urea groups is 1. The third-order valence-electron chi connectivity index (χ3n) is 2.94. The fraction of sp³-hybridized carbons (Fsp3) is 0.385. The summed E-state index contributed by atoms with van der Waals surface area (Å²) >= 11 is 5.90. The molecule has 0 radical (unpaired) electrons. The van der Waals surface area contributed by atoms with E-state index >= 15 is 0 Å². The van der Waals surface area contributed by atoms with Gasteiger partial charge in [-0.1, -0.05) is 23.7 Å². The number of carboxylic acids is 1. The average molecular weight is 285 g/mol. The van der Waals surface area contributed by atoms with Crippen LogP contribution in [0.25, 0.3) is 0 Å². The number of aliphatic carboxylic acids is 1. The number of halogens is 1. The molecule has 6 heteroatoms. The summed E-state index contributed by atoms with van der Waals surface area (Å²) in [5, 5.41) is 11.7. The van der Waals surface area contributed by atoms with Gasteiger partial charge in [-0.15, -0.1) is 0 Å². The number of nitrogens with one attached hydrogen (secondary N) is 1. The topological polar surface area (TPSA) is 69.6 Å². The molecule has 0 bridgehead atoms. The molecule has 19 heavy (non-hydrogen) atoms. The van der Waals surface area contributed by atoms with Gasteiger partial charge in [-0.2, -0.15) is 0 Å². The van der Waals surface area contributed by atoms with Gasteiger partial charge in [0.1, 0.15) is 6.04 Å². The molecule has 0 aromatic heterocycles. The minimum atomic E-state index is -1.07. The molecule has 2 N–H and O–H groups in total. The molecular formula is C13H17ClN2O3. The summed E-state index contributed by atoms with van der Waals surface area (Å²) in [7, 11) is 1.61. The molecule has 0 aliphatic carbocycles. The Kier molecular flexibility index (Phi) is 5.18. The van der Waals surface area contributed by atoms with Gasteiger partial charge in [-0.3, -0.25) is 4.79 Å². The summed E-state index contributed by atoms with van der Waals surface area (Å²) in [6, 6.07) is 5.62. The number of carbonyl (C=O) groups excluding carboxylic acids is 1. The standard InChI is InChI=1S/C13H17ClN2O3/c1-8(12(17)18)15-13(19)16(3)9(2)10-5-4-6-11(14)7-10/h4-9H,1-3H3,(H,15,19)(H,17,18). The van der Waals surface area contributed by atoms with Crippen molar-refractivity contribution in [3.8, 4) is 0 Å². The first-order chi connectivity index (χ1) is 8.82. The van der Waals surface area contributed by atoms with E-state index in [1.165, 1.54) is 11.8 Å². The van der Waals surface area contributed by atoms with Crippen molar-refractivity contribution < 1.29 is 14.7 Å². The second-order valence-electron chi connectivity index (χ2n) is 4.35. The molecular weight excluding hydrogens is 268 g/mol. The second kappa shape index (κ2) is 6.43. The maximum atomic E-state index is 11.9. The van der Waals surface area contributed by atoms with E-state index in [2.05, 4.69) is 5.32 Å². The van der Waals surface area contributed by atoms with E-state index in [0.29, 0.717) is 5.02 Å². The van der Waals surface area contributed by atoms with Crippen LogP contribution in [0.2, 0.25) is 5.02 Å². The molecule has 1 rings (SSSR count). The number of nitrogens with zero attached hydrogens (tertiary/aromatic N) is 1. The van der Waals surface area contributed by atoms with Gasteiger partial charge in [-0.25, -0.2) is 4.79 Å². The van der Waals surface area contributed by atoms with Gasteiger partial charge >= 0.3 is 12.0 Å². The van der Waals surface area contributed by atoms with Gasteiger partial charge < -0.3 is 15.3 Å². The van der Waals surface area contributed by atoms with Crippen molar-refractivity contribution in [2.75, 3.05) is 7.05 Å². The summed E-state index contributed by atoms with van der Waals surface area (Å²) in [6.45, 7) is 3.26. The molecule has 1 aromatic carbocycles. The Morgan fingerprint density at radius 2 is 2.00 bits per heavy atom. The lowest BCUT2D eigenvalue weighted by atomic mass is 10.1. The number of hydrogen-bond donors (Lipinski definition) is 2. The Bertz CT molecular complexity index is 479. The van der Waals surface area contributed by atoms with E-state index in [-0.39, 0.29) is 6.04 Å². The van der Waals surface area contributed by atoms with E-state index < -0.39 is 18.0 Å². The molecule has 0 heterocycles. The zero-order valence-electron chi connectivity index (χ0n) is 11.1. The molecule has 0 fully saturated rings. The lowest BCUT2D eigenvalue weighted by molar-refractivity contribution is -0.138. The molecule has 104 valence electrons. The van der Waals surface area contributed by atoms with Crippen molar-refractivity contribution in [3.63, 3.8) is 0 Å². The highest BCUT2D eigenvalue weighted by Crippen LogP contribution is 2.21. The number of hydrogen-bond acceptors (Lipinski definition) is 2. The van der Waals surface area contributed by atoms with Gasteiger partial charge in [0.2, 0.25) is 0 Å². The van der Waals surface area contributed by atoms with E-state index in [1.54, 1.807) is 25.2 Å². The van der Waals surface area contributed by atoms with E-state index in [9.17, 15) is 9.59 Å². The normalized spacial score (nSPS) is 13.5. The summed E-state index contributed by atoms with van der Waals surface area (Å²) in [5.74, 6) is -1.07. The van der Waals surface area contributed by atoms with Crippen molar-refractivity contribution in [1.29, 1.82) is 0 Å². The van der Waals surface area contributed by atoms with Crippen molar-refractivity contribution >= 4 is 23.6 Å². The zero-order chi connectivity index (χ0) is 14.6.